The van der Waals surface area contributed by atoms with E-state index in [2.05, 4.69) is 54.1 Å². The molecule has 0 spiro atoms. The van der Waals surface area contributed by atoms with Crippen LogP contribution in [0.1, 0.15) is 0 Å². The van der Waals surface area contributed by atoms with Gasteiger partial charge in [-0.25, -0.2) is 0 Å². The van der Waals surface area contributed by atoms with Gasteiger partial charge in [-0.2, -0.15) is 0 Å². The molecule has 0 fully saturated rings. The summed E-state index contributed by atoms with van der Waals surface area (Å²) in [5.41, 5.74) is 0. The minimum absolute atomic E-state index is 0.542. The number of aliphatic imine (C=N–C) groups is 1. The number of carbonyl (C=O) groups excluding carboxylic acids is 1. The van der Waals surface area contributed by atoms with Crippen LogP contribution in [0.5, 0.6) is 0 Å². The third kappa shape index (κ3) is 88.1. The van der Waals surface area contributed by atoms with Crippen molar-refractivity contribution in [2.45, 2.75) is 0 Å². The molecule has 0 rings (SSSR count). The Balaban J connectivity index is -0.0000000304. The Hall–Kier alpha value is -1.56. The molecule has 0 N–H and O–H groups in total. The van der Waals surface area contributed by atoms with Gasteiger partial charge in [-0.05, 0) is 0 Å². The molecule has 0 aliphatic rings. The molecule has 94 valence electrons. The standard InChI is InChI=1S/C4H6N2O.5CO.Cr/c1-6(2)3-5-4-7;5*1-2;/h1-2H3;;;;;;. The molecular formula is C9H6CrN2O6. The van der Waals surface area contributed by atoms with E-state index < -0.39 is 0 Å². The van der Waals surface area contributed by atoms with Crippen molar-refractivity contribution in [3.05, 3.63) is 33.3 Å². The average Bonchev–Trinajstić information content (AvgIpc) is 2.49. The van der Waals surface area contributed by atoms with Gasteiger partial charge >= 0.3 is 112 Å². The van der Waals surface area contributed by atoms with Gasteiger partial charge in [0, 0.05) is 0 Å². The fraction of sp³-hybridized carbons (Fsp3) is 0.222. The third-order valence-electron chi connectivity index (χ3n) is 0.524. The molecule has 0 amide bonds. The monoisotopic (exact) mass is 290 g/mol. The zero-order chi connectivity index (χ0) is 16.6. The van der Waals surface area contributed by atoms with E-state index in [9.17, 15) is 4.79 Å². The van der Waals surface area contributed by atoms with Crippen LogP contribution in [0.2, 0.25) is 0 Å². The van der Waals surface area contributed by atoms with Crippen LogP contribution in [0.4, 0.5) is 0 Å². The van der Waals surface area contributed by atoms with Crippen molar-refractivity contribution in [2.24, 2.45) is 4.99 Å². The van der Waals surface area contributed by atoms with Crippen molar-refractivity contribution in [1.82, 2.24) is 4.90 Å². The number of rotatable bonds is 2. The summed E-state index contributed by atoms with van der Waals surface area (Å²) in [5.74, 6) is 0. The number of hydrogen-bond donors (Lipinski definition) is 0. The van der Waals surface area contributed by atoms with Crippen molar-refractivity contribution in [3.63, 3.8) is 0 Å². The molecule has 0 heterocycles. The second-order valence-corrected chi connectivity index (χ2v) is 1.95. The fourth-order valence-corrected chi connectivity index (χ4v) is 0.197. The van der Waals surface area contributed by atoms with E-state index in [1.807, 2.05) is 0 Å². The van der Waals surface area contributed by atoms with Gasteiger partial charge in [-0.15, -0.1) is 0 Å². The summed E-state index contributed by atoms with van der Waals surface area (Å²) < 4.78 is 38.0. The first kappa shape index (κ1) is 36.0. The zero-order valence-corrected chi connectivity index (χ0v) is 10.5. The maximum atomic E-state index is 9.56. The minimum atomic E-state index is 0.542. The second-order valence-electron chi connectivity index (χ2n) is 1.38. The fourth-order valence-electron chi connectivity index (χ4n) is 0.139. The van der Waals surface area contributed by atoms with Crippen LogP contribution in [0, 0.1) is 33.3 Å². The van der Waals surface area contributed by atoms with Gasteiger partial charge in [0.1, 0.15) is 0 Å². The Morgan fingerprint density at radius 1 is 0.944 bits per heavy atom. The molecule has 0 aromatic heterocycles. The first-order valence-electron chi connectivity index (χ1n) is 2.99. The van der Waals surface area contributed by atoms with Crippen LogP contribution in [0.3, 0.4) is 0 Å². The molecule has 9 heteroatoms. The molecule has 0 aliphatic carbocycles. The van der Waals surface area contributed by atoms with Crippen LogP contribution in [0.15, 0.2) is 4.99 Å². The SMILES string of the molecule is CN(C)[C](=[Cr])N=C=O.[C-]#[O+].[C-]#[O+].[C-]#[O+].[C-]#[O+].[C-]#[O+]. The molecule has 0 aromatic carbocycles. The molecule has 18 heavy (non-hydrogen) atoms. The zero-order valence-electron chi connectivity index (χ0n) is 9.25. The summed E-state index contributed by atoms with van der Waals surface area (Å²) in [7, 11) is 3.57. The number of hydrogen-bond acceptors (Lipinski definition) is 3. The van der Waals surface area contributed by atoms with E-state index >= 15 is 0 Å². The molecule has 0 saturated carbocycles. The van der Waals surface area contributed by atoms with Gasteiger partial charge in [0.05, 0.1) is 0 Å². The average molecular weight is 290 g/mol. The molecule has 0 aromatic rings. The van der Waals surface area contributed by atoms with E-state index in [1.54, 1.807) is 19.0 Å². The van der Waals surface area contributed by atoms with Crippen molar-refractivity contribution in [1.29, 1.82) is 0 Å². The molecule has 0 bridgehead atoms. The van der Waals surface area contributed by atoms with Crippen LogP contribution >= 0.6 is 0 Å². The van der Waals surface area contributed by atoms with Crippen molar-refractivity contribution in [2.75, 3.05) is 14.1 Å². The molecule has 0 unspecified atom stereocenters. The summed E-state index contributed by atoms with van der Waals surface area (Å²) in [5, 5.41) is 0. The number of isocyanates is 1. The predicted molar refractivity (Wildman–Crippen MR) is 46.5 cm³/mol. The Kier molecular flexibility index (Phi) is 155. The van der Waals surface area contributed by atoms with Gasteiger partial charge in [-0.3, -0.25) is 0 Å². The van der Waals surface area contributed by atoms with E-state index in [1.165, 1.54) is 6.08 Å². The summed E-state index contributed by atoms with van der Waals surface area (Å²) in [6.45, 7) is 22.5. The van der Waals surface area contributed by atoms with E-state index in [0.717, 1.165) is 0 Å². The second kappa shape index (κ2) is 77.6. The molecule has 0 atom stereocenters. The molecule has 0 aliphatic heterocycles. The molecule has 8 nitrogen and oxygen atoms in total. The van der Waals surface area contributed by atoms with Crippen LogP contribution in [-0.2, 0) is 43.9 Å². The third-order valence-corrected chi connectivity index (χ3v) is 1.24. The van der Waals surface area contributed by atoms with E-state index in [-0.39, 0.29) is 0 Å². The normalized spacial score (nSPS) is 4.28. The van der Waals surface area contributed by atoms with Gasteiger partial charge in [-0.1, -0.05) is 0 Å². The summed E-state index contributed by atoms with van der Waals surface area (Å²) >= 11 is 2.59. The predicted octanol–water partition coefficient (Wildman–Crippen LogP) is -0.670. The first-order valence-corrected chi connectivity index (χ1v) is 3.63. The first-order chi connectivity index (χ1) is 8.68. The Morgan fingerprint density at radius 2 is 1.17 bits per heavy atom. The van der Waals surface area contributed by atoms with Gasteiger partial charge in [0.25, 0.3) is 0 Å². The van der Waals surface area contributed by atoms with Crippen LogP contribution in [-0.4, -0.2) is 29.7 Å². The van der Waals surface area contributed by atoms with Gasteiger partial charge in [0.2, 0.25) is 0 Å². The van der Waals surface area contributed by atoms with Gasteiger partial charge < -0.3 is 0 Å². The van der Waals surface area contributed by atoms with Crippen molar-refractivity contribution < 1.29 is 43.9 Å². The topological polar surface area (TPSA) is 132 Å². The summed E-state index contributed by atoms with van der Waals surface area (Å²) in [6.07, 6.45) is 1.41. The Labute approximate surface area is 112 Å². The quantitative estimate of drug-likeness (QED) is 0.289. The molecule has 0 radical (unpaired) electrons. The molecular weight excluding hydrogens is 284 g/mol. The summed E-state index contributed by atoms with van der Waals surface area (Å²) in [6, 6.07) is 0. The van der Waals surface area contributed by atoms with Crippen molar-refractivity contribution in [3.8, 4) is 0 Å². The molecule has 0 saturated heterocycles. The Bertz CT molecular complexity index is 274. The van der Waals surface area contributed by atoms with E-state index in [4.69, 9.17) is 23.3 Å². The van der Waals surface area contributed by atoms with E-state index in [0.29, 0.717) is 4.63 Å². The Morgan fingerprint density at radius 3 is 1.22 bits per heavy atom. The maximum absolute atomic E-state index is 9.56. The summed E-state index contributed by atoms with van der Waals surface area (Å²) in [4.78, 5) is 14.6. The van der Waals surface area contributed by atoms with Crippen LogP contribution < -0.4 is 0 Å². The van der Waals surface area contributed by atoms with Crippen LogP contribution in [0.25, 0.3) is 0 Å². The number of nitrogens with zero attached hydrogens (tertiary/aromatic N) is 2. The van der Waals surface area contributed by atoms with Crippen molar-refractivity contribution >= 4 is 10.7 Å². The van der Waals surface area contributed by atoms with Gasteiger partial charge in [0.15, 0.2) is 0 Å².